The van der Waals surface area contributed by atoms with Gasteiger partial charge < -0.3 is 4.74 Å². The van der Waals surface area contributed by atoms with Gasteiger partial charge in [0.2, 0.25) is 5.88 Å². The largest absolute Gasteiger partial charge is 0.470 e. The number of ether oxygens (including phenoxy) is 1. The van der Waals surface area contributed by atoms with Gasteiger partial charge in [-0.1, -0.05) is 24.3 Å². The summed E-state index contributed by atoms with van der Waals surface area (Å²) < 4.78 is 7.58. The molecule has 0 fully saturated rings. The topological polar surface area (TPSA) is 52.8 Å². The minimum Gasteiger partial charge on any atom is -0.470 e. The SMILES string of the molecule is CC(Oc1ccncn1)c1ccc(-c2cnn(C)c2)cc1. The first-order valence-electron chi connectivity index (χ1n) is 6.74. The third-order valence-corrected chi connectivity index (χ3v) is 3.27. The minimum atomic E-state index is -0.0668. The molecule has 0 aliphatic heterocycles. The van der Waals surface area contributed by atoms with E-state index >= 15 is 0 Å². The quantitative estimate of drug-likeness (QED) is 0.737. The van der Waals surface area contributed by atoms with Crippen LogP contribution in [0.4, 0.5) is 0 Å². The van der Waals surface area contributed by atoms with Crippen LogP contribution in [0.3, 0.4) is 0 Å². The molecule has 21 heavy (non-hydrogen) atoms. The molecular formula is C16H16N4O. The lowest BCUT2D eigenvalue weighted by Gasteiger charge is -2.14. The minimum absolute atomic E-state index is 0.0668. The van der Waals surface area contributed by atoms with Gasteiger partial charge in [0.25, 0.3) is 0 Å². The molecule has 0 spiro atoms. The summed E-state index contributed by atoms with van der Waals surface area (Å²) in [6, 6.07) is 10.0. The lowest BCUT2D eigenvalue weighted by atomic mass is 10.0. The smallest absolute Gasteiger partial charge is 0.216 e. The Balaban J connectivity index is 1.74. The van der Waals surface area contributed by atoms with E-state index in [1.165, 1.54) is 6.33 Å². The lowest BCUT2D eigenvalue weighted by Crippen LogP contribution is -2.04. The summed E-state index contributed by atoms with van der Waals surface area (Å²) in [5, 5.41) is 4.18. The number of hydrogen-bond donors (Lipinski definition) is 0. The van der Waals surface area contributed by atoms with Gasteiger partial charge >= 0.3 is 0 Å². The summed E-state index contributed by atoms with van der Waals surface area (Å²) in [4.78, 5) is 7.94. The summed E-state index contributed by atoms with van der Waals surface area (Å²) in [7, 11) is 1.91. The van der Waals surface area contributed by atoms with Crippen molar-refractivity contribution in [2.75, 3.05) is 0 Å². The molecule has 1 unspecified atom stereocenters. The highest BCUT2D eigenvalue weighted by Crippen LogP contribution is 2.23. The van der Waals surface area contributed by atoms with Crippen LogP contribution in [0.1, 0.15) is 18.6 Å². The first-order chi connectivity index (χ1) is 10.2. The van der Waals surface area contributed by atoms with Crippen LogP contribution in [0.2, 0.25) is 0 Å². The molecule has 0 N–H and O–H groups in total. The van der Waals surface area contributed by atoms with Crippen LogP contribution < -0.4 is 4.74 Å². The van der Waals surface area contributed by atoms with Crippen molar-refractivity contribution in [3.05, 3.63) is 60.8 Å². The molecule has 0 radical (unpaired) electrons. The molecule has 106 valence electrons. The maximum absolute atomic E-state index is 5.78. The van der Waals surface area contributed by atoms with Gasteiger partial charge in [-0.15, -0.1) is 0 Å². The molecule has 5 nitrogen and oxygen atoms in total. The predicted octanol–water partition coefficient (Wildman–Crippen LogP) is 3.02. The standard InChI is InChI=1S/C16H16N4O/c1-12(21-16-7-8-17-11-18-16)13-3-5-14(6-4-13)15-9-19-20(2)10-15/h3-12H,1-2H3. The van der Waals surface area contributed by atoms with Crippen molar-refractivity contribution in [2.24, 2.45) is 7.05 Å². The van der Waals surface area contributed by atoms with Gasteiger partial charge in [-0.2, -0.15) is 5.10 Å². The van der Waals surface area contributed by atoms with E-state index in [0.29, 0.717) is 5.88 Å². The third kappa shape index (κ3) is 3.08. The molecule has 1 aromatic carbocycles. The molecule has 5 heteroatoms. The van der Waals surface area contributed by atoms with E-state index in [1.807, 2.05) is 26.4 Å². The summed E-state index contributed by atoms with van der Waals surface area (Å²) >= 11 is 0. The molecule has 3 rings (SSSR count). The highest BCUT2D eigenvalue weighted by molar-refractivity contribution is 5.61. The second-order valence-corrected chi connectivity index (χ2v) is 4.83. The Kier molecular flexibility index (Phi) is 3.64. The van der Waals surface area contributed by atoms with E-state index in [4.69, 9.17) is 4.74 Å². The van der Waals surface area contributed by atoms with Crippen molar-refractivity contribution in [3.8, 4) is 17.0 Å². The van der Waals surface area contributed by atoms with E-state index in [0.717, 1.165) is 16.7 Å². The van der Waals surface area contributed by atoms with Gasteiger partial charge in [-0.3, -0.25) is 4.68 Å². The molecule has 3 aromatic rings. The first kappa shape index (κ1) is 13.3. The number of benzene rings is 1. The monoisotopic (exact) mass is 280 g/mol. The summed E-state index contributed by atoms with van der Waals surface area (Å²) in [6.45, 7) is 2.00. The average molecular weight is 280 g/mol. The van der Waals surface area contributed by atoms with Crippen LogP contribution in [0.5, 0.6) is 5.88 Å². The third-order valence-electron chi connectivity index (χ3n) is 3.27. The van der Waals surface area contributed by atoms with Crippen molar-refractivity contribution in [3.63, 3.8) is 0 Å². The van der Waals surface area contributed by atoms with Gasteiger partial charge in [0.15, 0.2) is 0 Å². The molecule has 0 saturated heterocycles. The zero-order valence-electron chi connectivity index (χ0n) is 12.0. The fourth-order valence-corrected chi connectivity index (χ4v) is 2.11. The zero-order chi connectivity index (χ0) is 14.7. The van der Waals surface area contributed by atoms with Gasteiger partial charge in [-0.25, -0.2) is 9.97 Å². The Hall–Kier alpha value is -2.69. The van der Waals surface area contributed by atoms with Gasteiger partial charge in [0.1, 0.15) is 12.4 Å². The normalized spacial score (nSPS) is 12.1. The lowest BCUT2D eigenvalue weighted by molar-refractivity contribution is 0.217. The summed E-state index contributed by atoms with van der Waals surface area (Å²) in [5.41, 5.74) is 3.34. The van der Waals surface area contributed by atoms with Crippen molar-refractivity contribution in [2.45, 2.75) is 13.0 Å². The van der Waals surface area contributed by atoms with Crippen LogP contribution in [-0.2, 0) is 7.05 Å². The van der Waals surface area contributed by atoms with E-state index in [9.17, 15) is 0 Å². The Morgan fingerprint density at radius 1 is 1.10 bits per heavy atom. The fourth-order valence-electron chi connectivity index (χ4n) is 2.11. The summed E-state index contributed by atoms with van der Waals surface area (Å²) in [5.74, 6) is 0.578. The predicted molar refractivity (Wildman–Crippen MR) is 79.7 cm³/mol. The zero-order valence-corrected chi connectivity index (χ0v) is 12.0. The second-order valence-electron chi connectivity index (χ2n) is 4.83. The molecule has 2 aromatic heterocycles. The van der Waals surface area contributed by atoms with Crippen LogP contribution >= 0.6 is 0 Å². The maximum Gasteiger partial charge on any atom is 0.216 e. The number of rotatable bonds is 4. The van der Waals surface area contributed by atoms with Crippen molar-refractivity contribution >= 4 is 0 Å². The number of hydrogen-bond acceptors (Lipinski definition) is 4. The number of aromatic nitrogens is 4. The van der Waals surface area contributed by atoms with Crippen molar-refractivity contribution in [1.82, 2.24) is 19.7 Å². The molecule has 0 amide bonds. The second kappa shape index (κ2) is 5.75. The Bertz CT molecular complexity index is 707. The molecule has 0 aliphatic carbocycles. The molecule has 0 aliphatic rings. The highest BCUT2D eigenvalue weighted by Gasteiger charge is 2.08. The maximum atomic E-state index is 5.78. The van der Waals surface area contributed by atoms with Crippen molar-refractivity contribution in [1.29, 1.82) is 0 Å². The van der Waals surface area contributed by atoms with Crippen LogP contribution in [0.15, 0.2) is 55.2 Å². The first-order valence-corrected chi connectivity index (χ1v) is 6.74. The van der Waals surface area contributed by atoms with E-state index in [-0.39, 0.29) is 6.10 Å². The van der Waals surface area contributed by atoms with Crippen LogP contribution in [0, 0.1) is 0 Å². The van der Waals surface area contributed by atoms with Gasteiger partial charge in [0.05, 0.1) is 6.20 Å². The van der Waals surface area contributed by atoms with Crippen LogP contribution in [0.25, 0.3) is 11.1 Å². The van der Waals surface area contributed by atoms with Crippen LogP contribution in [-0.4, -0.2) is 19.7 Å². The highest BCUT2D eigenvalue weighted by atomic mass is 16.5. The number of aryl methyl sites for hydroxylation is 1. The Morgan fingerprint density at radius 2 is 1.90 bits per heavy atom. The Labute approximate surface area is 123 Å². The molecule has 0 saturated carbocycles. The molecule has 0 bridgehead atoms. The molecular weight excluding hydrogens is 264 g/mol. The summed E-state index contributed by atoms with van der Waals surface area (Å²) in [6.07, 6.45) is 6.93. The average Bonchev–Trinajstić information content (AvgIpc) is 2.95. The number of nitrogens with zero attached hydrogens (tertiary/aromatic N) is 4. The van der Waals surface area contributed by atoms with E-state index < -0.39 is 0 Å². The van der Waals surface area contributed by atoms with Gasteiger partial charge in [0, 0.05) is 31.1 Å². The molecule has 1 atom stereocenters. The van der Waals surface area contributed by atoms with E-state index in [2.05, 4.69) is 39.3 Å². The van der Waals surface area contributed by atoms with Gasteiger partial charge in [-0.05, 0) is 18.1 Å². The Morgan fingerprint density at radius 3 is 2.52 bits per heavy atom. The van der Waals surface area contributed by atoms with E-state index in [1.54, 1.807) is 16.9 Å². The van der Waals surface area contributed by atoms with Crippen molar-refractivity contribution < 1.29 is 4.74 Å². The molecule has 2 heterocycles. The fraction of sp³-hybridized carbons (Fsp3) is 0.188.